The minimum Gasteiger partial charge on any atom is -0.467 e. The Labute approximate surface area is 92.1 Å². The molecule has 2 rings (SSSR count). The topological polar surface area (TPSA) is 67.8 Å². The molecule has 1 aliphatic rings. The van der Waals surface area contributed by atoms with Crippen molar-refractivity contribution in [3.8, 4) is 0 Å². The monoisotopic (exact) mass is 218 g/mol. The molecule has 5 heteroatoms. The summed E-state index contributed by atoms with van der Waals surface area (Å²) in [7, 11) is 1.36. The molecule has 1 aliphatic heterocycles. The smallest absolute Gasteiger partial charge is 0.328 e. The predicted molar refractivity (Wildman–Crippen MR) is 57.4 cm³/mol. The number of hydrogen-bond donors (Lipinski definition) is 1. The third-order valence-electron chi connectivity index (χ3n) is 2.51. The van der Waals surface area contributed by atoms with Crippen LogP contribution in [0.25, 0.3) is 0 Å². The molecule has 0 fully saturated rings. The van der Waals surface area contributed by atoms with Gasteiger partial charge in [-0.3, -0.25) is 0 Å². The van der Waals surface area contributed by atoms with Gasteiger partial charge in [0.25, 0.3) is 0 Å². The molecule has 0 bridgehead atoms. The summed E-state index contributed by atoms with van der Waals surface area (Å²) >= 11 is 0. The van der Waals surface area contributed by atoms with Crippen molar-refractivity contribution in [2.24, 2.45) is 4.99 Å². The number of nitrogens with zero attached hydrogens (tertiary/aromatic N) is 1. The number of isocyanates is 1. The fourth-order valence-electron chi connectivity index (χ4n) is 1.74. The van der Waals surface area contributed by atoms with Gasteiger partial charge in [0, 0.05) is 12.1 Å². The SMILES string of the molecule is COC(=O)C1Cc2ccc(N=C=O)cc2N1. The quantitative estimate of drug-likeness (QED) is 0.459. The molecule has 1 aromatic rings. The Morgan fingerprint density at radius 1 is 1.62 bits per heavy atom. The van der Waals surface area contributed by atoms with Gasteiger partial charge in [0.2, 0.25) is 6.08 Å². The lowest BCUT2D eigenvalue weighted by Crippen LogP contribution is -2.27. The minimum absolute atomic E-state index is 0.295. The van der Waals surface area contributed by atoms with Crippen LogP contribution in [-0.4, -0.2) is 25.2 Å². The first kappa shape index (κ1) is 10.4. The van der Waals surface area contributed by atoms with E-state index in [1.54, 1.807) is 12.1 Å². The van der Waals surface area contributed by atoms with Gasteiger partial charge >= 0.3 is 5.97 Å². The Balaban J connectivity index is 2.24. The lowest BCUT2D eigenvalue weighted by Gasteiger charge is -2.07. The molecule has 0 saturated heterocycles. The largest absolute Gasteiger partial charge is 0.467 e. The maximum absolute atomic E-state index is 11.3. The molecule has 82 valence electrons. The van der Waals surface area contributed by atoms with E-state index in [-0.39, 0.29) is 12.0 Å². The Bertz CT molecular complexity index is 478. The molecule has 1 heterocycles. The van der Waals surface area contributed by atoms with E-state index >= 15 is 0 Å². The number of aliphatic imine (C=N–C) groups is 1. The number of fused-ring (bicyclic) bond motifs is 1. The molecule has 5 nitrogen and oxygen atoms in total. The van der Waals surface area contributed by atoms with Gasteiger partial charge in [0.05, 0.1) is 12.8 Å². The fraction of sp³-hybridized carbons (Fsp3) is 0.273. The highest BCUT2D eigenvalue weighted by Gasteiger charge is 2.27. The Hall–Kier alpha value is -2.13. The van der Waals surface area contributed by atoms with Gasteiger partial charge in [-0.2, -0.15) is 4.99 Å². The van der Waals surface area contributed by atoms with Crippen molar-refractivity contribution in [1.29, 1.82) is 0 Å². The molecular formula is C11H10N2O3. The number of rotatable bonds is 2. The number of carbonyl (C=O) groups excluding carboxylic acids is 2. The molecular weight excluding hydrogens is 208 g/mol. The molecule has 1 aromatic carbocycles. The summed E-state index contributed by atoms with van der Waals surface area (Å²) in [6, 6.07) is 4.91. The van der Waals surface area contributed by atoms with Crippen molar-refractivity contribution in [1.82, 2.24) is 0 Å². The molecule has 1 atom stereocenters. The molecule has 0 spiro atoms. The van der Waals surface area contributed by atoms with Crippen LogP contribution in [0.1, 0.15) is 5.56 Å². The van der Waals surface area contributed by atoms with E-state index in [0.717, 1.165) is 11.3 Å². The number of nitrogens with one attached hydrogen (secondary N) is 1. The first-order valence-corrected chi connectivity index (χ1v) is 4.80. The van der Waals surface area contributed by atoms with Gasteiger partial charge in [0.1, 0.15) is 6.04 Å². The van der Waals surface area contributed by atoms with Crippen LogP contribution >= 0.6 is 0 Å². The van der Waals surface area contributed by atoms with Gasteiger partial charge in [0.15, 0.2) is 0 Å². The highest BCUT2D eigenvalue weighted by atomic mass is 16.5. The first-order chi connectivity index (χ1) is 7.74. The van der Waals surface area contributed by atoms with E-state index in [1.807, 2.05) is 6.07 Å². The first-order valence-electron chi connectivity index (χ1n) is 4.80. The van der Waals surface area contributed by atoms with Crippen molar-refractivity contribution in [2.75, 3.05) is 12.4 Å². The molecule has 16 heavy (non-hydrogen) atoms. The number of methoxy groups -OCH3 is 1. The molecule has 0 amide bonds. The highest BCUT2D eigenvalue weighted by Crippen LogP contribution is 2.30. The Kier molecular flexibility index (Phi) is 2.70. The maximum atomic E-state index is 11.3. The summed E-state index contributed by atoms with van der Waals surface area (Å²) in [5.74, 6) is -0.295. The number of benzene rings is 1. The Morgan fingerprint density at radius 3 is 3.12 bits per heavy atom. The van der Waals surface area contributed by atoms with E-state index in [2.05, 4.69) is 15.0 Å². The number of esters is 1. The average Bonchev–Trinajstić information content (AvgIpc) is 2.71. The predicted octanol–water partition coefficient (Wildman–Crippen LogP) is 1.16. The standard InChI is InChI=1S/C11H10N2O3/c1-16-11(15)10-4-7-2-3-8(12-6-14)5-9(7)13-10/h2-3,5,10,13H,4H2,1H3. The average molecular weight is 218 g/mol. The van der Waals surface area contributed by atoms with Crippen LogP contribution in [0.4, 0.5) is 11.4 Å². The van der Waals surface area contributed by atoms with E-state index in [0.29, 0.717) is 12.1 Å². The Morgan fingerprint density at radius 2 is 2.44 bits per heavy atom. The van der Waals surface area contributed by atoms with E-state index in [1.165, 1.54) is 13.2 Å². The second-order valence-electron chi connectivity index (χ2n) is 3.47. The zero-order valence-electron chi connectivity index (χ0n) is 8.69. The van der Waals surface area contributed by atoms with Crippen LogP contribution in [-0.2, 0) is 20.7 Å². The van der Waals surface area contributed by atoms with Gasteiger partial charge in [-0.25, -0.2) is 9.59 Å². The lowest BCUT2D eigenvalue weighted by molar-refractivity contribution is -0.141. The van der Waals surface area contributed by atoms with Crippen LogP contribution in [0.3, 0.4) is 0 Å². The molecule has 1 N–H and O–H groups in total. The van der Waals surface area contributed by atoms with Crippen molar-refractivity contribution >= 4 is 23.4 Å². The van der Waals surface area contributed by atoms with Crippen LogP contribution in [0.5, 0.6) is 0 Å². The van der Waals surface area contributed by atoms with Crippen molar-refractivity contribution < 1.29 is 14.3 Å². The molecule has 0 aromatic heterocycles. The zero-order chi connectivity index (χ0) is 11.5. The van der Waals surface area contributed by atoms with Gasteiger partial charge in [-0.05, 0) is 17.7 Å². The van der Waals surface area contributed by atoms with E-state index in [4.69, 9.17) is 0 Å². The zero-order valence-corrected chi connectivity index (χ0v) is 8.69. The second-order valence-corrected chi connectivity index (χ2v) is 3.47. The van der Waals surface area contributed by atoms with E-state index in [9.17, 15) is 9.59 Å². The van der Waals surface area contributed by atoms with Crippen LogP contribution < -0.4 is 5.32 Å². The van der Waals surface area contributed by atoms with Gasteiger partial charge in [-0.1, -0.05) is 6.07 Å². The fourth-order valence-corrected chi connectivity index (χ4v) is 1.74. The number of carbonyl (C=O) groups is 1. The second kappa shape index (κ2) is 4.16. The highest BCUT2D eigenvalue weighted by molar-refractivity contribution is 5.83. The summed E-state index contributed by atoms with van der Waals surface area (Å²) in [5, 5.41) is 3.02. The van der Waals surface area contributed by atoms with Crippen LogP contribution in [0.2, 0.25) is 0 Å². The summed E-state index contributed by atoms with van der Waals surface area (Å²) in [6.07, 6.45) is 2.07. The molecule has 0 saturated carbocycles. The summed E-state index contributed by atoms with van der Waals surface area (Å²) in [4.78, 5) is 24.9. The molecule has 0 radical (unpaired) electrons. The molecule has 0 aliphatic carbocycles. The third kappa shape index (κ3) is 1.81. The van der Waals surface area contributed by atoms with E-state index < -0.39 is 0 Å². The van der Waals surface area contributed by atoms with Crippen LogP contribution in [0.15, 0.2) is 23.2 Å². The number of anilines is 1. The number of ether oxygens (including phenoxy) is 1. The number of hydrogen-bond acceptors (Lipinski definition) is 5. The summed E-state index contributed by atoms with van der Waals surface area (Å²) < 4.78 is 4.66. The van der Waals surface area contributed by atoms with Crippen molar-refractivity contribution in [3.63, 3.8) is 0 Å². The van der Waals surface area contributed by atoms with Gasteiger partial charge in [-0.15, -0.1) is 0 Å². The summed E-state index contributed by atoms with van der Waals surface area (Å²) in [5.41, 5.74) is 2.35. The maximum Gasteiger partial charge on any atom is 0.328 e. The minimum atomic E-state index is -0.351. The van der Waals surface area contributed by atoms with Crippen LogP contribution in [0, 0.1) is 0 Å². The van der Waals surface area contributed by atoms with Crippen molar-refractivity contribution in [3.05, 3.63) is 23.8 Å². The lowest BCUT2D eigenvalue weighted by atomic mass is 10.1. The van der Waals surface area contributed by atoms with Gasteiger partial charge < -0.3 is 10.1 Å². The van der Waals surface area contributed by atoms with Crippen molar-refractivity contribution in [2.45, 2.75) is 12.5 Å². The summed E-state index contributed by atoms with van der Waals surface area (Å²) in [6.45, 7) is 0. The normalized spacial score (nSPS) is 16.9. The molecule has 1 unspecified atom stereocenters. The third-order valence-corrected chi connectivity index (χ3v) is 2.51.